The van der Waals surface area contributed by atoms with E-state index in [0.717, 1.165) is 17.5 Å². The molecule has 8 nitrogen and oxygen atoms in total. The van der Waals surface area contributed by atoms with Gasteiger partial charge in [-0.15, -0.1) is 11.6 Å². The maximum Gasteiger partial charge on any atom is 0.408 e. The number of rotatable bonds is 14. The van der Waals surface area contributed by atoms with Crippen LogP contribution in [0.4, 0.5) is 9.59 Å². The zero-order chi connectivity index (χ0) is 27.8. The van der Waals surface area contributed by atoms with Gasteiger partial charge in [-0.1, -0.05) is 60.7 Å². The average molecular weight is 546 g/mol. The van der Waals surface area contributed by atoms with Gasteiger partial charge >= 0.3 is 12.2 Å². The molecule has 3 amide bonds. The van der Waals surface area contributed by atoms with E-state index in [1.54, 1.807) is 20.8 Å². The zero-order valence-corrected chi connectivity index (χ0v) is 23.3. The highest BCUT2D eigenvalue weighted by Crippen LogP contribution is 2.10. The Morgan fingerprint density at radius 3 is 2.08 bits per heavy atom. The lowest BCUT2D eigenvalue weighted by Crippen LogP contribution is -2.51. The highest BCUT2D eigenvalue weighted by molar-refractivity contribution is 6.18. The predicted molar refractivity (Wildman–Crippen MR) is 149 cm³/mol. The van der Waals surface area contributed by atoms with Crippen molar-refractivity contribution in [3.8, 4) is 0 Å². The molecule has 0 fully saturated rings. The highest BCUT2D eigenvalue weighted by atomic mass is 35.5. The maximum atomic E-state index is 13.1. The first-order valence-electron chi connectivity index (χ1n) is 13.0. The van der Waals surface area contributed by atoms with Gasteiger partial charge < -0.3 is 25.4 Å². The van der Waals surface area contributed by atoms with E-state index in [2.05, 4.69) is 16.0 Å². The molecule has 0 radical (unpaired) electrons. The number of hydrogen-bond donors (Lipinski definition) is 3. The number of nitrogens with one attached hydrogen (secondary N) is 3. The molecule has 0 saturated heterocycles. The van der Waals surface area contributed by atoms with E-state index in [0.29, 0.717) is 32.2 Å². The summed E-state index contributed by atoms with van der Waals surface area (Å²) in [6.07, 6.45) is 1.85. The van der Waals surface area contributed by atoms with Crippen molar-refractivity contribution in [3.63, 3.8) is 0 Å². The van der Waals surface area contributed by atoms with Crippen LogP contribution in [0.5, 0.6) is 0 Å². The predicted octanol–water partition coefficient (Wildman–Crippen LogP) is 5.33. The van der Waals surface area contributed by atoms with E-state index in [4.69, 9.17) is 21.1 Å². The summed E-state index contributed by atoms with van der Waals surface area (Å²) in [6.45, 7) is 5.86. The molecular formula is C29H40ClN3O5. The molecule has 0 aromatic heterocycles. The van der Waals surface area contributed by atoms with Crippen molar-refractivity contribution in [2.24, 2.45) is 0 Å². The fourth-order valence-corrected chi connectivity index (χ4v) is 3.86. The molecule has 0 heterocycles. The van der Waals surface area contributed by atoms with Crippen LogP contribution in [0.15, 0.2) is 60.7 Å². The maximum absolute atomic E-state index is 13.1. The quantitative estimate of drug-likeness (QED) is 0.220. The van der Waals surface area contributed by atoms with Crippen LogP contribution < -0.4 is 16.0 Å². The Labute approximate surface area is 230 Å². The Morgan fingerprint density at radius 1 is 0.842 bits per heavy atom. The lowest BCUT2D eigenvalue weighted by atomic mass is 10.0. The van der Waals surface area contributed by atoms with Gasteiger partial charge in [-0.25, -0.2) is 9.59 Å². The lowest BCUT2D eigenvalue weighted by molar-refractivity contribution is -0.124. The minimum absolute atomic E-state index is 0.195. The van der Waals surface area contributed by atoms with Crippen LogP contribution in [0, 0.1) is 0 Å². The average Bonchev–Trinajstić information content (AvgIpc) is 2.89. The van der Waals surface area contributed by atoms with E-state index in [9.17, 15) is 14.4 Å². The van der Waals surface area contributed by atoms with Crippen LogP contribution in [-0.4, -0.2) is 48.2 Å². The molecule has 38 heavy (non-hydrogen) atoms. The van der Waals surface area contributed by atoms with E-state index >= 15 is 0 Å². The molecule has 9 heteroatoms. The molecule has 2 rings (SSSR count). The molecule has 0 aliphatic rings. The van der Waals surface area contributed by atoms with Crippen molar-refractivity contribution in [3.05, 3.63) is 71.8 Å². The van der Waals surface area contributed by atoms with Crippen molar-refractivity contribution in [1.29, 1.82) is 0 Å². The topological polar surface area (TPSA) is 106 Å². The summed E-state index contributed by atoms with van der Waals surface area (Å²) in [6, 6.07) is 18.4. The molecule has 0 aliphatic heterocycles. The van der Waals surface area contributed by atoms with Crippen molar-refractivity contribution in [2.45, 2.75) is 77.2 Å². The van der Waals surface area contributed by atoms with Crippen LogP contribution >= 0.6 is 11.6 Å². The number of hydrogen-bond acceptors (Lipinski definition) is 5. The summed E-state index contributed by atoms with van der Waals surface area (Å²) in [4.78, 5) is 37.4. The summed E-state index contributed by atoms with van der Waals surface area (Å²) in [5.74, 6) is -0.0583. The Bertz CT molecular complexity index is 983. The molecule has 0 spiro atoms. The number of alkyl halides is 1. The van der Waals surface area contributed by atoms with Crippen LogP contribution in [0.1, 0.15) is 57.6 Å². The normalized spacial score (nSPS) is 12.6. The van der Waals surface area contributed by atoms with Gasteiger partial charge in [0, 0.05) is 18.5 Å². The third-order valence-corrected chi connectivity index (χ3v) is 5.94. The van der Waals surface area contributed by atoms with Crippen molar-refractivity contribution < 1.29 is 23.9 Å². The number of ether oxygens (including phenoxy) is 2. The number of aryl methyl sites for hydroxylation is 1. The third kappa shape index (κ3) is 13.3. The minimum atomic E-state index is -0.794. The zero-order valence-electron chi connectivity index (χ0n) is 22.5. The highest BCUT2D eigenvalue weighted by Gasteiger charge is 2.25. The molecule has 2 aromatic rings. The smallest absolute Gasteiger partial charge is 0.408 e. The molecule has 2 atom stereocenters. The second-order valence-corrected chi connectivity index (χ2v) is 10.4. The number of carbonyl (C=O) groups excluding carboxylic acids is 3. The fourth-order valence-electron chi connectivity index (χ4n) is 3.63. The van der Waals surface area contributed by atoms with Crippen LogP contribution in [0.25, 0.3) is 0 Å². The summed E-state index contributed by atoms with van der Waals surface area (Å²) >= 11 is 6.14. The first-order valence-corrected chi connectivity index (χ1v) is 13.5. The molecular weight excluding hydrogens is 506 g/mol. The van der Waals surface area contributed by atoms with E-state index in [1.165, 1.54) is 0 Å². The number of alkyl carbamates (subject to hydrolysis) is 2. The third-order valence-electron chi connectivity index (χ3n) is 5.57. The SMILES string of the molecule is CC(C)(C)OC(=O)N[C@@H](CCCCNC(=O)OCc1ccccc1)C(=O)NC(CCl)CCc1ccccc1. The Kier molecular flexibility index (Phi) is 13.5. The second-order valence-electron chi connectivity index (χ2n) is 10.1. The summed E-state index contributed by atoms with van der Waals surface area (Å²) in [5, 5.41) is 8.36. The molecule has 0 saturated carbocycles. The van der Waals surface area contributed by atoms with Gasteiger partial charge in [-0.3, -0.25) is 4.79 Å². The monoisotopic (exact) mass is 545 g/mol. The Hall–Kier alpha value is -3.26. The molecule has 1 unspecified atom stereocenters. The largest absolute Gasteiger partial charge is 0.445 e. The van der Waals surface area contributed by atoms with Gasteiger partial charge in [-0.2, -0.15) is 0 Å². The number of carbonyl (C=O) groups is 3. The van der Waals surface area contributed by atoms with Crippen molar-refractivity contribution in [2.75, 3.05) is 12.4 Å². The summed E-state index contributed by atoms with van der Waals surface area (Å²) in [7, 11) is 0. The minimum Gasteiger partial charge on any atom is -0.445 e. The molecule has 0 aliphatic carbocycles. The molecule has 208 valence electrons. The molecule has 0 bridgehead atoms. The van der Waals surface area contributed by atoms with Gasteiger partial charge in [0.25, 0.3) is 0 Å². The summed E-state index contributed by atoms with van der Waals surface area (Å²) in [5.41, 5.74) is 1.38. The van der Waals surface area contributed by atoms with Gasteiger partial charge in [-0.05, 0) is 64.0 Å². The molecule has 3 N–H and O–H groups in total. The first-order chi connectivity index (χ1) is 18.2. The lowest BCUT2D eigenvalue weighted by Gasteiger charge is -2.25. The van der Waals surface area contributed by atoms with Crippen LogP contribution in [-0.2, 0) is 27.3 Å². The van der Waals surface area contributed by atoms with Gasteiger partial charge in [0.1, 0.15) is 18.2 Å². The Morgan fingerprint density at radius 2 is 1.47 bits per heavy atom. The summed E-state index contributed by atoms with van der Waals surface area (Å²) < 4.78 is 10.6. The fraction of sp³-hybridized carbons (Fsp3) is 0.483. The van der Waals surface area contributed by atoms with E-state index < -0.39 is 23.8 Å². The first kappa shape index (κ1) is 31.0. The van der Waals surface area contributed by atoms with Gasteiger partial charge in [0.15, 0.2) is 0 Å². The Balaban J connectivity index is 1.82. The standard InChI is InChI=1S/C29H40ClN3O5/c1-29(2,3)38-28(36)33-25(26(34)32-24(20-30)18-17-22-12-6-4-7-13-22)16-10-11-19-31-27(35)37-21-23-14-8-5-9-15-23/h4-9,12-15,24-25H,10-11,16-21H2,1-3H3,(H,31,35)(H,32,34)(H,33,36)/t24?,25-/m0/s1. The number of amides is 3. The van der Waals surface area contributed by atoms with Gasteiger partial charge in [0.2, 0.25) is 5.91 Å². The van der Waals surface area contributed by atoms with E-state index in [-0.39, 0.29) is 24.4 Å². The van der Waals surface area contributed by atoms with Crippen LogP contribution in [0.3, 0.4) is 0 Å². The molecule has 2 aromatic carbocycles. The number of unbranched alkanes of at least 4 members (excludes halogenated alkanes) is 1. The number of halogens is 1. The van der Waals surface area contributed by atoms with Crippen molar-refractivity contribution >= 4 is 29.7 Å². The van der Waals surface area contributed by atoms with Crippen molar-refractivity contribution in [1.82, 2.24) is 16.0 Å². The van der Waals surface area contributed by atoms with Crippen LogP contribution in [0.2, 0.25) is 0 Å². The van der Waals surface area contributed by atoms with E-state index in [1.807, 2.05) is 60.7 Å². The number of benzene rings is 2. The van der Waals surface area contributed by atoms with Gasteiger partial charge in [0.05, 0.1) is 0 Å². The second kappa shape index (κ2) is 16.6.